The summed E-state index contributed by atoms with van der Waals surface area (Å²) in [5.74, 6) is 0. The molecule has 0 spiro atoms. The van der Waals surface area contributed by atoms with Crippen LogP contribution in [-0.4, -0.2) is 11.8 Å². The first-order valence-electron chi connectivity index (χ1n) is 3.00. The minimum absolute atomic E-state index is 0.931. The van der Waals surface area contributed by atoms with Gasteiger partial charge in [-0.15, -0.1) is 8.58 Å². The fourth-order valence-corrected chi connectivity index (χ4v) is 1.30. The average molecular weight is 118 g/mol. The van der Waals surface area contributed by atoms with E-state index in [0.29, 0.717) is 0 Å². The molecule has 1 heteroatoms. The van der Waals surface area contributed by atoms with Crippen molar-refractivity contribution in [2.45, 2.75) is 32.9 Å². The third-order valence-corrected chi connectivity index (χ3v) is 2.41. The van der Waals surface area contributed by atoms with Crippen LogP contribution in [0.4, 0.5) is 0 Å². The quantitative estimate of drug-likeness (QED) is 0.499. The molecule has 0 aromatic heterocycles. The third kappa shape index (κ3) is 6.43. The second kappa shape index (κ2) is 4.59. The van der Waals surface area contributed by atoms with Crippen molar-refractivity contribution >= 4 is 8.58 Å². The van der Waals surface area contributed by atoms with E-state index < -0.39 is 0 Å². The van der Waals surface area contributed by atoms with Crippen LogP contribution in [0.3, 0.4) is 0 Å². The monoisotopic (exact) mass is 118 g/mol. The second-order valence-corrected chi connectivity index (χ2v) is 4.17. The van der Waals surface area contributed by atoms with Crippen LogP contribution in [0.25, 0.3) is 0 Å². The molecule has 0 aliphatic carbocycles. The van der Waals surface area contributed by atoms with Crippen LogP contribution < -0.4 is 0 Å². The summed E-state index contributed by atoms with van der Waals surface area (Å²) in [5, 5.41) is 0. The summed E-state index contributed by atoms with van der Waals surface area (Å²) >= 11 is 0. The summed E-state index contributed by atoms with van der Waals surface area (Å²) < 4.78 is 0. The first-order chi connectivity index (χ1) is 3.27. The standard InChI is InChI=1S/C6H15P/c1-4-5-7-6(2)3/h6-7H,4-5H2,1-3H3. The van der Waals surface area contributed by atoms with Crippen molar-refractivity contribution < 1.29 is 0 Å². The zero-order chi connectivity index (χ0) is 5.70. The van der Waals surface area contributed by atoms with Crippen molar-refractivity contribution in [1.29, 1.82) is 0 Å². The van der Waals surface area contributed by atoms with Gasteiger partial charge in [-0.1, -0.05) is 27.2 Å². The lowest BCUT2D eigenvalue weighted by molar-refractivity contribution is 1.05. The van der Waals surface area contributed by atoms with Crippen LogP contribution in [0.1, 0.15) is 27.2 Å². The van der Waals surface area contributed by atoms with E-state index in [4.69, 9.17) is 0 Å². The van der Waals surface area contributed by atoms with Crippen LogP contribution in [0.15, 0.2) is 0 Å². The Morgan fingerprint density at radius 2 is 2.00 bits per heavy atom. The maximum atomic E-state index is 2.29. The van der Waals surface area contributed by atoms with Gasteiger partial charge in [0.25, 0.3) is 0 Å². The highest BCUT2D eigenvalue weighted by Gasteiger charge is 1.88. The predicted molar refractivity (Wildman–Crippen MR) is 38.6 cm³/mol. The molecule has 1 atom stereocenters. The maximum absolute atomic E-state index is 2.29. The molecule has 0 N–H and O–H groups in total. The van der Waals surface area contributed by atoms with Gasteiger partial charge < -0.3 is 0 Å². The topological polar surface area (TPSA) is 0 Å². The first kappa shape index (κ1) is 7.43. The molecule has 44 valence electrons. The highest BCUT2D eigenvalue weighted by atomic mass is 31.1. The molecule has 0 aromatic rings. The summed E-state index contributed by atoms with van der Waals surface area (Å²) in [4.78, 5) is 0. The summed E-state index contributed by atoms with van der Waals surface area (Å²) in [6, 6.07) is 0. The van der Waals surface area contributed by atoms with Gasteiger partial charge in [0.15, 0.2) is 0 Å². The molecule has 0 aromatic carbocycles. The van der Waals surface area contributed by atoms with Crippen molar-refractivity contribution in [2.24, 2.45) is 0 Å². The summed E-state index contributed by atoms with van der Waals surface area (Å²) in [5.41, 5.74) is 0.931. The Morgan fingerprint density at radius 1 is 1.43 bits per heavy atom. The van der Waals surface area contributed by atoms with Crippen LogP contribution in [-0.2, 0) is 0 Å². The van der Waals surface area contributed by atoms with E-state index in [1.54, 1.807) is 0 Å². The zero-order valence-corrected chi connectivity index (χ0v) is 6.49. The normalized spacial score (nSPS) is 12.0. The molecule has 0 radical (unpaired) electrons. The Hall–Kier alpha value is 0.430. The first-order valence-corrected chi connectivity index (χ1v) is 4.29. The highest BCUT2D eigenvalue weighted by Crippen LogP contribution is 2.17. The largest absolute Gasteiger partial charge is 0.119 e. The minimum Gasteiger partial charge on any atom is -0.119 e. The average Bonchev–Trinajstić information content (AvgIpc) is 1.61. The van der Waals surface area contributed by atoms with E-state index in [9.17, 15) is 0 Å². The van der Waals surface area contributed by atoms with Gasteiger partial charge in [0.2, 0.25) is 0 Å². The lowest BCUT2D eigenvalue weighted by Crippen LogP contribution is -1.83. The molecule has 0 amide bonds. The molecule has 0 bridgehead atoms. The molecule has 0 saturated carbocycles. The summed E-state index contributed by atoms with van der Waals surface area (Å²) in [6.45, 7) is 6.82. The predicted octanol–water partition coefficient (Wildman–Crippen LogP) is 2.48. The van der Waals surface area contributed by atoms with Gasteiger partial charge in [-0.2, -0.15) is 0 Å². The van der Waals surface area contributed by atoms with Crippen molar-refractivity contribution in [2.75, 3.05) is 6.16 Å². The van der Waals surface area contributed by atoms with E-state index in [2.05, 4.69) is 20.8 Å². The lowest BCUT2D eigenvalue weighted by Gasteiger charge is -1.99. The number of hydrogen-bond acceptors (Lipinski definition) is 0. The fourth-order valence-electron chi connectivity index (χ4n) is 0.433. The lowest BCUT2D eigenvalue weighted by atomic mass is 10.6. The molecule has 7 heavy (non-hydrogen) atoms. The van der Waals surface area contributed by atoms with Crippen molar-refractivity contribution in [1.82, 2.24) is 0 Å². The Morgan fingerprint density at radius 3 is 2.14 bits per heavy atom. The van der Waals surface area contributed by atoms with Crippen LogP contribution in [0, 0.1) is 0 Å². The molecular weight excluding hydrogens is 103 g/mol. The number of rotatable bonds is 3. The van der Waals surface area contributed by atoms with E-state index in [1.807, 2.05) is 0 Å². The van der Waals surface area contributed by atoms with Gasteiger partial charge in [-0.05, 0) is 11.8 Å². The van der Waals surface area contributed by atoms with E-state index in [0.717, 1.165) is 5.66 Å². The second-order valence-electron chi connectivity index (χ2n) is 2.11. The van der Waals surface area contributed by atoms with Gasteiger partial charge in [0.05, 0.1) is 0 Å². The molecule has 0 aliphatic heterocycles. The Balaban J connectivity index is 2.68. The Bertz CT molecular complexity index is 33.2. The van der Waals surface area contributed by atoms with Gasteiger partial charge >= 0.3 is 0 Å². The van der Waals surface area contributed by atoms with Crippen molar-refractivity contribution in [3.05, 3.63) is 0 Å². The maximum Gasteiger partial charge on any atom is -0.0294 e. The third-order valence-electron chi connectivity index (χ3n) is 0.803. The SMILES string of the molecule is CCCPC(C)C. The molecule has 0 aliphatic rings. The van der Waals surface area contributed by atoms with Crippen molar-refractivity contribution in [3.63, 3.8) is 0 Å². The van der Waals surface area contributed by atoms with Crippen LogP contribution in [0.2, 0.25) is 0 Å². The van der Waals surface area contributed by atoms with E-state index >= 15 is 0 Å². The molecule has 0 fully saturated rings. The highest BCUT2D eigenvalue weighted by molar-refractivity contribution is 7.38. The van der Waals surface area contributed by atoms with Crippen LogP contribution in [0.5, 0.6) is 0 Å². The van der Waals surface area contributed by atoms with E-state index in [-0.39, 0.29) is 0 Å². The van der Waals surface area contributed by atoms with Gasteiger partial charge in [0.1, 0.15) is 0 Å². The molecule has 0 heterocycles. The van der Waals surface area contributed by atoms with Gasteiger partial charge in [0, 0.05) is 0 Å². The van der Waals surface area contributed by atoms with Gasteiger partial charge in [-0.3, -0.25) is 0 Å². The summed E-state index contributed by atoms with van der Waals surface area (Å²) in [6.07, 6.45) is 2.79. The Kier molecular flexibility index (Phi) is 4.87. The minimum atomic E-state index is 0.931. The molecular formula is C6H15P. The number of hydrogen-bond donors (Lipinski definition) is 0. The molecule has 0 nitrogen and oxygen atoms in total. The Labute approximate surface area is 48.5 Å². The van der Waals surface area contributed by atoms with Crippen molar-refractivity contribution in [3.8, 4) is 0 Å². The smallest absolute Gasteiger partial charge is 0.0294 e. The molecule has 0 saturated heterocycles. The van der Waals surface area contributed by atoms with Gasteiger partial charge in [-0.25, -0.2) is 0 Å². The summed E-state index contributed by atoms with van der Waals surface area (Å²) in [7, 11) is 1.19. The fraction of sp³-hybridized carbons (Fsp3) is 1.00. The van der Waals surface area contributed by atoms with E-state index in [1.165, 1.54) is 21.2 Å². The molecule has 0 rings (SSSR count). The zero-order valence-electron chi connectivity index (χ0n) is 5.49. The molecule has 1 unspecified atom stereocenters. The van der Waals surface area contributed by atoms with Crippen LogP contribution >= 0.6 is 8.58 Å².